The van der Waals surface area contributed by atoms with E-state index >= 15 is 0 Å². The first-order chi connectivity index (χ1) is 6.68. The molecule has 0 bridgehead atoms. The van der Waals surface area contributed by atoms with Gasteiger partial charge in [-0.2, -0.15) is 0 Å². The maximum absolute atomic E-state index is 10.7. The van der Waals surface area contributed by atoms with Gasteiger partial charge in [-0.05, 0) is 6.92 Å². The predicted octanol–water partition coefficient (Wildman–Crippen LogP) is 0.963. The third kappa shape index (κ3) is 1.32. The lowest BCUT2D eigenvalue weighted by Crippen LogP contribution is -2.04. The predicted molar refractivity (Wildman–Crippen MR) is 49.0 cm³/mol. The molecule has 0 fully saturated rings. The van der Waals surface area contributed by atoms with Crippen molar-refractivity contribution in [2.24, 2.45) is 0 Å². The molecule has 2 heterocycles. The van der Waals surface area contributed by atoms with Gasteiger partial charge in [0.2, 0.25) is 0 Å². The van der Waals surface area contributed by atoms with Gasteiger partial charge < -0.3 is 4.74 Å². The topological polar surface area (TPSA) is 56.5 Å². The largest absolute Gasteiger partial charge is 0.392 e. The normalized spacial score (nSPS) is 10.4. The molecule has 0 amide bonds. The van der Waals surface area contributed by atoms with Gasteiger partial charge >= 0.3 is 12.0 Å². The molecule has 0 N–H and O–H groups in total. The Balaban J connectivity index is 2.58. The molecule has 0 radical (unpaired) electrons. The van der Waals surface area contributed by atoms with Crippen LogP contribution in [0.25, 0.3) is 5.52 Å². The van der Waals surface area contributed by atoms with Crippen molar-refractivity contribution in [1.29, 1.82) is 0 Å². The van der Waals surface area contributed by atoms with E-state index in [1.807, 2.05) is 6.92 Å². The summed E-state index contributed by atoms with van der Waals surface area (Å²) in [5, 5.41) is 0. The second-order valence-corrected chi connectivity index (χ2v) is 2.90. The Hall–Kier alpha value is -1.91. The van der Waals surface area contributed by atoms with E-state index in [1.165, 1.54) is 6.92 Å². The van der Waals surface area contributed by atoms with Crippen LogP contribution in [0.1, 0.15) is 12.6 Å². The SMILES string of the molecule is CC(=O)Oc1ncc2c(C)nccn12. The van der Waals surface area contributed by atoms with Crippen LogP contribution >= 0.6 is 0 Å². The first-order valence-corrected chi connectivity index (χ1v) is 4.15. The summed E-state index contributed by atoms with van der Waals surface area (Å²) in [6.45, 7) is 3.21. The minimum Gasteiger partial charge on any atom is -0.392 e. The summed E-state index contributed by atoms with van der Waals surface area (Å²) in [6.07, 6.45) is 4.96. The number of nitrogens with zero attached hydrogens (tertiary/aromatic N) is 3. The lowest BCUT2D eigenvalue weighted by Gasteiger charge is -2.00. The van der Waals surface area contributed by atoms with Crippen LogP contribution in [0.15, 0.2) is 18.6 Å². The summed E-state index contributed by atoms with van der Waals surface area (Å²) in [5.41, 5.74) is 1.68. The monoisotopic (exact) mass is 191 g/mol. The fraction of sp³-hybridized carbons (Fsp3) is 0.222. The highest BCUT2D eigenvalue weighted by atomic mass is 16.5. The number of aryl methyl sites for hydroxylation is 1. The molecule has 2 aromatic rings. The smallest absolute Gasteiger partial charge is 0.310 e. The quantitative estimate of drug-likeness (QED) is 0.630. The molecule has 0 saturated heterocycles. The third-order valence-corrected chi connectivity index (χ3v) is 1.85. The van der Waals surface area contributed by atoms with Crippen LogP contribution in [0.4, 0.5) is 0 Å². The van der Waals surface area contributed by atoms with Crippen LogP contribution in [-0.2, 0) is 4.79 Å². The zero-order chi connectivity index (χ0) is 10.1. The van der Waals surface area contributed by atoms with E-state index in [1.54, 1.807) is 23.0 Å². The first kappa shape index (κ1) is 8.68. The highest BCUT2D eigenvalue weighted by molar-refractivity contribution is 5.68. The molecule has 2 rings (SSSR count). The number of carbonyl (C=O) groups excluding carboxylic acids is 1. The summed E-state index contributed by atoms with van der Waals surface area (Å²) >= 11 is 0. The molecule has 72 valence electrons. The van der Waals surface area contributed by atoms with E-state index in [0.717, 1.165) is 11.2 Å². The van der Waals surface area contributed by atoms with E-state index in [9.17, 15) is 4.79 Å². The van der Waals surface area contributed by atoms with E-state index in [4.69, 9.17) is 4.74 Å². The Morgan fingerprint density at radius 2 is 2.29 bits per heavy atom. The fourth-order valence-corrected chi connectivity index (χ4v) is 1.24. The van der Waals surface area contributed by atoms with E-state index in [2.05, 4.69) is 9.97 Å². The molecule has 0 unspecified atom stereocenters. The molecular weight excluding hydrogens is 182 g/mol. The number of hydrogen-bond acceptors (Lipinski definition) is 4. The van der Waals surface area contributed by atoms with Crippen molar-refractivity contribution in [3.05, 3.63) is 24.3 Å². The van der Waals surface area contributed by atoms with Gasteiger partial charge in [0.25, 0.3) is 0 Å². The highest BCUT2D eigenvalue weighted by Crippen LogP contribution is 2.14. The van der Waals surface area contributed by atoms with Crippen molar-refractivity contribution in [3.63, 3.8) is 0 Å². The highest BCUT2D eigenvalue weighted by Gasteiger charge is 2.07. The zero-order valence-electron chi connectivity index (χ0n) is 7.89. The molecular formula is C9H9N3O2. The molecule has 0 atom stereocenters. The van der Waals surface area contributed by atoms with E-state index in [-0.39, 0.29) is 12.0 Å². The Labute approximate surface area is 80.4 Å². The second kappa shape index (κ2) is 3.10. The Morgan fingerprint density at radius 3 is 3.00 bits per heavy atom. The van der Waals surface area contributed by atoms with Gasteiger partial charge in [-0.1, -0.05) is 0 Å². The zero-order valence-corrected chi connectivity index (χ0v) is 7.89. The maximum atomic E-state index is 10.7. The molecule has 0 spiro atoms. The number of hydrogen-bond donors (Lipinski definition) is 0. The first-order valence-electron chi connectivity index (χ1n) is 4.15. The molecule has 2 aromatic heterocycles. The van der Waals surface area contributed by atoms with Crippen molar-refractivity contribution < 1.29 is 9.53 Å². The maximum Gasteiger partial charge on any atom is 0.310 e. The minimum atomic E-state index is -0.382. The molecule has 0 aliphatic heterocycles. The Morgan fingerprint density at radius 1 is 1.50 bits per heavy atom. The van der Waals surface area contributed by atoms with Crippen molar-refractivity contribution in [2.75, 3.05) is 0 Å². The van der Waals surface area contributed by atoms with Gasteiger partial charge in [-0.25, -0.2) is 4.98 Å². The number of fused-ring (bicyclic) bond motifs is 1. The number of aromatic nitrogens is 3. The fourth-order valence-electron chi connectivity index (χ4n) is 1.24. The minimum absolute atomic E-state index is 0.276. The van der Waals surface area contributed by atoms with Gasteiger partial charge in [0.1, 0.15) is 0 Å². The Kier molecular flexibility index (Phi) is 1.92. The molecule has 0 aromatic carbocycles. The van der Waals surface area contributed by atoms with E-state index in [0.29, 0.717) is 0 Å². The second-order valence-electron chi connectivity index (χ2n) is 2.90. The lowest BCUT2D eigenvalue weighted by atomic mass is 10.4. The summed E-state index contributed by atoms with van der Waals surface area (Å²) in [4.78, 5) is 18.8. The van der Waals surface area contributed by atoms with Crippen molar-refractivity contribution in [1.82, 2.24) is 14.4 Å². The van der Waals surface area contributed by atoms with Crippen molar-refractivity contribution in [3.8, 4) is 6.01 Å². The molecule has 5 heteroatoms. The lowest BCUT2D eigenvalue weighted by molar-refractivity contribution is -0.132. The number of esters is 1. The molecule has 0 aliphatic carbocycles. The van der Waals surface area contributed by atoms with Crippen LogP contribution in [0.2, 0.25) is 0 Å². The average Bonchev–Trinajstić information content (AvgIpc) is 2.49. The van der Waals surface area contributed by atoms with Crippen molar-refractivity contribution in [2.45, 2.75) is 13.8 Å². The Bertz CT molecular complexity index is 490. The summed E-state index contributed by atoms with van der Waals surface area (Å²) in [5.74, 6) is -0.382. The van der Waals surface area contributed by atoms with Crippen LogP contribution in [0.5, 0.6) is 6.01 Å². The number of carbonyl (C=O) groups is 1. The summed E-state index contributed by atoms with van der Waals surface area (Å²) in [7, 11) is 0. The van der Waals surface area contributed by atoms with Crippen molar-refractivity contribution >= 4 is 11.5 Å². The summed E-state index contributed by atoms with van der Waals surface area (Å²) in [6, 6.07) is 0.276. The number of rotatable bonds is 1. The average molecular weight is 191 g/mol. The van der Waals surface area contributed by atoms with Gasteiger partial charge in [0.15, 0.2) is 0 Å². The standard InChI is InChI=1S/C9H9N3O2/c1-6-8-5-11-9(14-7(2)13)12(8)4-3-10-6/h3-5H,1-2H3. The summed E-state index contributed by atoms with van der Waals surface area (Å²) < 4.78 is 6.59. The van der Waals surface area contributed by atoms with Gasteiger partial charge in [0, 0.05) is 19.3 Å². The molecule has 14 heavy (non-hydrogen) atoms. The van der Waals surface area contributed by atoms with Gasteiger partial charge in [0.05, 0.1) is 17.4 Å². The number of imidazole rings is 1. The molecule has 5 nitrogen and oxygen atoms in total. The molecule has 0 aliphatic rings. The third-order valence-electron chi connectivity index (χ3n) is 1.85. The van der Waals surface area contributed by atoms with Gasteiger partial charge in [-0.3, -0.25) is 14.2 Å². The van der Waals surface area contributed by atoms with Crippen LogP contribution in [-0.4, -0.2) is 20.3 Å². The molecule has 0 saturated carbocycles. The van der Waals surface area contributed by atoms with Crippen LogP contribution in [0.3, 0.4) is 0 Å². The van der Waals surface area contributed by atoms with Gasteiger partial charge in [-0.15, -0.1) is 0 Å². The van der Waals surface area contributed by atoms with Crippen LogP contribution < -0.4 is 4.74 Å². The van der Waals surface area contributed by atoms with E-state index < -0.39 is 0 Å². The number of ether oxygens (including phenoxy) is 1. The van der Waals surface area contributed by atoms with Crippen LogP contribution in [0, 0.1) is 6.92 Å².